The van der Waals surface area contributed by atoms with Gasteiger partial charge >= 0.3 is 0 Å². The fourth-order valence-corrected chi connectivity index (χ4v) is 1.38. The zero-order valence-electron chi connectivity index (χ0n) is 7.59. The van der Waals surface area contributed by atoms with Crippen LogP contribution in [0.5, 0.6) is 0 Å². The summed E-state index contributed by atoms with van der Waals surface area (Å²) >= 11 is 16.0. The summed E-state index contributed by atoms with van der Waals surface area (Å²) in [7, 11) is 0. The Balaban J connectivity index is 2.55. The fourth-order valence-electron chi connectivity index (χ4n) is 0.889. The molecule has 0 radical (unpaired) electrons. The molecular formula is C9H8Cl2N2OS. The Morgan fingerprint density at radius 2 is 2.20 bits per heavy atom. The van der Waals surface area contributed by atoms with Gasteiger partial charge in [-0.05, 0) is 30.4 Å². The Morgan fingerprint density at radius 3 is 2.80 bits per heavy atom. The highest BCUT2D eigenvalue weighted by atomic mass is 35.5. The van der Waals surface area contributed by atoms with E-state index < -0.39 is 0 Å². The van der Waals surface area contributed by atoms with Crippen LogP contribution in [0.4, 0.5) is 5.69 Å². The molecule has 3 nitrogen and oxygen atoms in total. The van der Waals surface area contributed by atoms with Gasteiger partial charge in [0, 0.05) is 10.7 Å². The Labute approximate surface area is 103 Å². The number of carbonyl (C=O) groups is 1. The van der Waals surface area contributed by atoms with Crippen LogP contribution in [0.3, 0.4) is 0 Å². The van der Waals surface area contributed by atoms with E-state index >= 15 is 0 Å². The second-order valence-corrected chi connectivity index (χ2v) is 3.76. The van der Waals surface area contributed by atoms with Crippen LogP contribution in [-0.4, -0.2) is 16.9 Å². The Hall–Kier alpha value is -0.840. The number of benzene rings is 1. The van der Waals surface area contributed by atoms with Crippen molar-refractivity contribution in [3.8, 4) is 0 Å². The number of carbonyl (C=O) groups excluding carboxylic acids is 1. The summed E-state index contributed by atoms with van der Waals surface area (Å²) in [5.41, 5.74) is 0.711. The Morgan fingerprint density at radius 1 is 1.47 bits per heavy atom. The SMILES string of the molecule is O=C(CCl)NC(=S)Nc1cccc(Cl)c1. The molecule has 0 aliphatic carbocycles. The normalized spacial score (nSPS) is 9.47. The standard InChI is InChI=1S/C9H8Cl2N2OS/c10-5-8(14)13-9(15)12-7-3-1-2-6(11)4-7/h1-4H,5H2,(H2,12,13,14,15). The van der Waals surface area contributed by atoms with E-state index in [1.54, 1.807) is 24.3 Å². The predicted molar refractivity (Wildman–Crippen MR) is 66.5 cm³/mol. The van der Waals surface area contributed by atoms with Crippen LogP contribution in [0.2, 0.25) is 5.02 Å². The lowest BCUT2D eigenvalue weighted by atomic mass is 10.3. The smallest absolute Gasteiger partial charge is 0.241 e. The number of thiocarbonyl (C=S) groups is 1. The van der Waals surface area contributed by atoms with E-state index in [4.69, 9.17) is 35.4 Å². The summed E-state index contributed by atoms with van der Waals surface area (Å²) in [6.07, 6.45) is 0. The van der Waals surface area contributed by atoms with Crippen LogP contribution in [0.1, 0.15) is 0 Å². The molecule has 0 spiro atoms. The molecule has 80 valence electrons. The van der Waals surface area contributed by atoms with Crippen LogP contribution in [0.25, 0.3) is 0 Å². The molecule has 1 aromatic rings. The van der Waals surface area contributed by atoms with Crippen molar-refractivity contribution >= 4 is 52.1 Å². The van der Waals surface area contributed by atoms with Crippen molar-refractivity contribution in [2.45, 2.75) is 0 Å². The molecule has 0 heterocycles. The van der Waals surface area contributed by atoms with Gasteiger partial charge in [-0.25, -0.2) is 0 Å². The third-order valence-corrected chi connectivity index (χ3v) is 2.14. The van der Waals surface area contributed by atoms with Crippen LogP contribution >= 0.6 is 35.4 Å². The molecule has 1 amide bonds. The molecule has 1 aromatic carbocycles. The van der Waals surface area contributed by atoms with Crippen molar-refractivity contribution in [3.63, 3.8) is 0 Å². The second kappa shape index (κ2) is 5.90. The minimum absolute atomic E-state index is 0.128. The van der Waals surface area contributed by atoms with Crippen LogP contribution in [0, 0.1) is 0 Å². The molecule has 0 aliphatic rings. The highest BCUT2D eigenvalue weighted by Gasteiger charge is 2.02. The zero-order valence-corrected chi connectivity index (χ0v) is 9.92. The van der Waals surface area contributed by atoms with Crippen molar-refractivity contribution in [3.05, 3.63) is 29.3 Å². The van der Waals surface area contributed by atoms with Gasteiger partial charge in [0.15, 0.2) is 5.11 Å². The lowest BCUT2D eigenvalue weighted by Gasteiger charge is -2.08. The highest BCUT2D eigenvalue weighted by Crippen LogP contribution is 2.14. The molecule has 0 saturated heterocycles. The third-order valence-electron chi connectivity index (χ3n) is 1.46. The van der Waals surface area contributed by atoms with E-state index in [9.17, 15) is 4.79 Å². The highest BCUT2D eigenvalue weighted by molar-refractivity contribution is 7.80. The first-order valence-corrected chi connectivity index (χ1v) is 5.36. The maximum Gasteiger partial charge on any atom is 0.241 e. The maximum atomic E-state index is 10.9. The van der Waals surface area contributed by atoms with Gasteiger partial charge in [-0.1, -0.05) is 17.7 Å². The van der Waals surface area contributed by atoms with E-state index in [1.165, 1.54) is 0 Å². The van der Waals surface area contributed by atoms with Gasteiger partial charge in [0.1, 0.15) is 5.88 Å². The molecule has 2 N–H and O–H groups in total. The molecule has 0 saturated carbocycles. The Kier molecular flexibility index (Phi) is 4.81. The number of hydrogen-bond acceptors (Lipinski definition) is 2. The van der Waals surface area contributed by atoms with Crippen molar-refractivity contribution < 1.29 is 4.79 Å². The van der Waals surface area contributed by atoms with Crippen LogP contribution in [0.15, 0.2) is 24.3 Å². The van der Waals surface area contributed by atoms with E-state index in [0.717, 1.165) is 0 Å². The summed E-state index contributed by atoms with van der Waals surface area (Å²) in [6.45, 7) is 0. The number of amides is 1. The van der Waals surface area contributed by atoms with Gasteiger partial charge in [-0.2, -0.15) is 0 Å². The van der Waals surface area contributed by atoms with Gasteiger partial charge in [0.25, 0.3) is 0 Å². The van der Waals surface area contributed by atoms with Gasteiger partial charge in [-0.3, -0.25) is 4.79 Å². The van der Waals surface area contributed by atoms with Gasteiger partial charge in [-0.15, -0.1) is 11.6 Å². The number of hydrogen-bond donors (Lipinski definition) is 2. The molecule has 0 fully saturated rings. The van der Waals surface area contributed by atoms with Gasteiger partial charge < -0.3 is 10.6 Å². The first-order valence-electron chi connectivity index (χ1n) is 4.04. The maximum absolute atomic E-state index is 10.9. The zero-order chi connectivity index (χ0) is 11.3. The molecule has 0 aromatic heterocycles. The summed E-state index contributed by atoms with van der Waals surface area (Å²) in [5, 5.41) is 5.99. The Bertz CT molecular complexity index is 384. The lowest BCUT2D eigenvalue weighted by molar-refractivity contribution is -0.117. The quantitative estimate of drug-likeness (QED) is 0.636. The monoisotopic (exact) mass is 262 g/mol. The predicted octanol–water partition coefficient (Wildman–Crippen LogP) is 2.39. The summed E-state index contributed by atoms with van der Waals surface area (Å²) in [4.78, 5) is 10.9. The molecule has 0 aliphatic heterocycles. The number of halogens is 2. The largest absolute Gasteiger partial charge is 0.332 e. The van der Waals surface area contributed by atoms with Crippen molar-refractivity contribution in [2.24, 2.45) is 0 Å². The van der Waals surface area contributed by atoms with Gasteiger partial charge in [0.2, 0.25) is 5.91 Å². The molecule has 0 bridgehead atoms. The van der Waals surface area contributed by atoms with Gasteiger partial charge in [0.05, 0.1) is 0 Å². The topological polar surface area (TPSA) is 41.1 Å². The number of anilines is 1. The third kappa shape index (κ3) is 4.46. The molecule has 1 rings (SSSR count). The van der Waals surface area contributed by atoms with Crippen molar-refractivity contribution in [1.29, 1.82) is 0 Å². The summed E-state index contributed by atoms with van der Waals surface area (Å²) in [6, 6.07) is 7.00. The number of nitrogens with one attached hydrogen (secondary N) is 2. The first-order chi connectivity index (χ1) is 7.11. The average molecular weight is 263 g/mol. The molecule has 0 unspecified atom stereocenters. The van der Waals surface area contributed by atoms with E-state index in [1.807, 2.05) is 0 Å². The van der Waals surface area contributed by atoms with E-state index in [2.05, 4.69) is 10.6 Å². The molecular weight excluding hydrogens is 255 g/mol. The minimum Gasteiger partial charge on any atom is -0.332 e. The molecule has 6 heteroatoms. The fraction of sp³-hybridized carbons (Fsp3) is 0.111. The number of rotatable bonds is 2. The van der Waals surface area contributed by atoms with E-state index in [-0.39, 0.29) is 16.9 Å². The lowest BCUT2D eigenvalue weighted by Crippen LogP contribution is -2.34. The van der Waals surface area contributed by atoms with Crippen molar-refractivity contribution in [2.75, 3.05) is 11.2 Å². The van der Waals surface area contributed by atoms with E-state index in [0.29, 0.717) is 10.7 Å². The average Bonchev–Trinajstić information content (AvgIpc) is 2.17. The molecule has 0 atom stereocenters. The second-order valence-electron chi connectivity index (χ2n) is 2.65. The summed E-state index contributed by atoms with van der Waals surface area (Å²) in [5.74, 6) is -0.478. The van der Waals surface area contributed by atoms with Crippen LogP contribution < -0.4 is 10.6 Å². The van der Waals surface area contributed by atoms with Crippen LogP contribution in [-0.2, 0) is 4.79 Å². The molecule has 15 heavy (non-hydrogen) atoms. The van der Waals surface area contributed by atoms with Crippen molar-refractivity contribution in [1.82, 2.24) is 5.32 Å². The first kappa shape index (κ1) is 12.2. The summed E-state index contributed by atoms with van der Waals surface area (Å²) < 4.78 is 0. The minimum atomic E-state index is -0.351. The number of alkyl halides is 1.